The second-order valence-electron chi connectivity index (χ2n) is 4.50. The fraction of sp³-hybridized carbons (Fsp3) is 0.571. The summed E-state index contributed by atoms with van der Waals surface area (Å²) in [6.45, 7) is 10.8. The summed E-state index contributed by atoms with van der Waals surface area (Å²) >= 11 is 0. The van der Waals surface area contributed by atoms with E-state index >= 15 is 0 Å². The normalized spacial score (nSPS) is 11.1. The predicted molar refractivity (Wildman–Crippen MR) is 70.8 cm³/mol. The van der Waals surface area contributed by atoms with Crippen molar-refractivity contribution in [2.24, 2.45) is 0 Å². The van der Waals surface area contributed by atoms with Gasteiger partial charge in [-0.2, -0.15) is 0 Å². The highest BCUT2D eigenvalue weighted by atomic mass is 15.1. The molecule has 16 heavy (non-hydrogen) atoms. The van der Waals surface area contributed by atoms with Crippen molar-refractivity contribution in [3.8, 4) is 0 Å². The molecular formula is C14H24N2. The number of likely N-dealkylation sites (N-methyl/N-ethyl adjacent to an activating group) is 1. The molecule has 0 bridgehead atoms. The monoisotopic (exact) mass is 220 g/mol. The molecule has 0 atom stereocenters. The van der Waals surface area contributed by atoms with Gasteiger partial charge in [-0.05, 0) is 38.6 Å². The summed E-state index contributed by atoms with van der Waals surface area (Å²) in [7, 11) is 2.15. The molecule has 2 nitrogen and oxygen atoms in total. The molecule has 1 aromatic rings. The van der Waals surface area contributed by atoms with Crippen LogP contribution in [0.15, 0.2) is 18.2 Å². The van der Waals surface area contributed by atoms with E-state index in [0.717, 1.165) is 26.2 Å². The maximum Gasteiger partial charge on any atom is 0.0208 e. The van der Waals surface area contributed by atoms with E-state index in [4.69, 9.17) is 0 Å². The summed E-state index contributed by atoms with van der Waals surface area (Å²) in [6.07, 6.45) is 0. The van der Waals surface area contributed by atoms with Gasteiger partial charge in [0.2, 0.25) is 0 Å². The van der Waals surface area contributed by atoms with E-state index in [9.17, 15) is 0 Å². The number of nitrogens with zero attached hydrogens (tertiary/aromatic N) is 1. The second-order valence-corrected chi connectivity index (χ2v) is 4.50. The number of aryl methyl sites for hydroxylation is 2. The lowest BCUT2D eigenvalue weighted by atomic mass is 10.1. The Balaban J connectivity index is 2.32. The van der Waals surface area contributed by atoms with Crippen LogP contribution in [0.3, 0.4) is 0 Å². The lowest BCUT2D eigenvalue weighted by Gasteiger charge is -2.14. The van der Waals surface area contributed by atoms with E-state index in [1.165, 1.54) is 16.7 Å². The molecule has 0 aromatic heterocycles. The van der Waals surface area contributed by atoms with Crippen molar-refractivity contribution in [3.63, 3.8) is 0 Å². The van der Waals surface area contributed by atoms with Crippen LogP contribution in [0, 0.1) is 13.8 Å². The largest absolute Gasteiger partial charge is 0.311 e. The molecule has 0 saturated heterocycles. The van der Waals surface area contributed by atoms with Crippen molar-refractivity contribution in [1.82, 2.24) is 10.2 Å². The van der Waals surface area contributed by atoms with Gasteiger partial charge < -0.3 is 10.2 Å². The third kappa shape index (κ3) is 4.33. The Morgan fingerprint density at radius 2 is 2.00 bits per heavy atom. The van der Waals surface area contributed by atoms with Crippen molar-refractivity contribution < 1.29 is 0 Å². The number of rotatable bonds is 6. The lowest BCUT2D eigenvalue weighted by molar-refractivity contribution is 0.349. The van der Waals surface area contributed by atoms with E-state index in [1.807, 2.05) is 0 Å². The Kier molecular flexibility index (Phi) is 5.50. The number of benzene rings is 1. The maximum atomic E-state index is 3.49. The molecule has 0 aliphatic carbocycles. The molecular weight excluding hydrogens is 196 g/mol. The van der Waals surface area contributed by atoms with Crippen molar-refractivity contribution in [3.05, 3.63) is 34.9 Å². The maximum absolute atomic E-state index is 3.49. The molecule has 0 heterocycles. The molecule has 1 N–H and O–H groups in total. The van der Waals surface area contributed by atoms with Gasteiger partial charge in [0.1, 0.15) is 0 Å². The third-order valence-corrected chi connectivity index (χ3v) is 3.02. The molecule has 0 saturated carbocycles. The minimum absolute atomic E-state index is 0.976. The zero-order valence-electron chi connectivity index (χ0n) is 11.0. The fourth-order valence-electron chi connectivity index (χ4n) is 1.70. The van der Waals surface area contributed by atoms with Crippen LogP contribution in [-0.4, -0.2) is 31.6 Å². The van der Waals surface area contributed by atoms with Gasteiger partial charge in [-0.1, -0.05) is 30.7 Å². The zero-order valence-corrected chi connectivity index (χ0v) is 11.0. The number of nitrogens with one attached hydrogen (secondary N) is 1. The van der Waals surface area contributed by atoms with Gasteiger partial charge in [0.15, 0.2) is 0 Å². The SMILES string of the molecule is CCN(C)CCNCc1ccc(C)cc1C. The molecule has 0 aliphatic heterocycles. The fourth-order valence-corrected chi connectivity index (χ4v) is 1.70. The summed E-state index contributed by atoms with van der Waals surface area (Å²) in [5, 5.41) is 3.49. The average Bonchev–Trinajstić information content (AvgIpc) is 2.26. The summed E-state index contributed by atoms with van der Waals surface area (Å²) in [4.78, 5) is 2.31. The Morgan fingerprint density at radius 1 is 1.25 bits per heavy atom. The van der Waals surface area contributed by atoms with Crippen LogP contribution in [-0.2, 0) is 6.54 Å². The molecule has 0 amide bonds. The number of hydrogen-bond acceptors (Lipinski definition) is 2. The minimum Gasteiger partial charge on any atom is -0.311 e. The first-order valence-electron chi connectivity index (χ1n) is 6.09. The Bertz CT molecular complexity index is 321. The van der Waals surface area contributed by atoms with Gasteiger partial charge >= 0.3 is 0 Å². The quantitative estimate of drug-likeness (QED) is 0.740. The highest BCUT2D eigenvalue weighted by molar-refractivity contribution is 5.30. The van der Waals surface area contributed by atoms with Gasteiger partial charge in [-0.15, -0.1) is 0 Å². The van der Waals surface area contributed by atoms with Crippen molar-refractivity contribution in [2.45, 2.75) is 27.3 Å². The average molecular weight is 220 g/mol. The van der Waals surface area contributed by atoms with E-state index < -0.39 is 0 Å². The van der Waals surface area contributed by atoms with Crippen LogP contribution in [0.4, 0.5) is 0 Å². The number of hydrogen-bond donors (Lipinski definition) is 1. The third-order valence-electron chi connectivity index (χ3n) is 3.02. The van der Waals surface area contributed by atoms with E-state index in [1.54, 1.807) is 0 Å². The summed E-state index contributed by atoms with van der Waals surface area (Å²) in [5.41, 5.74) is 4.13. The van der Waals surface area contributed by atoms with Crippen LogP contribution in [0.25, 0.3) is 0 Å². The van der Waals surface area contributed by atoms with E-state index in [2.05, 4.69) is 56.2 Å². The molecule has 0 aliphatic rings. The van der Waals surface area contributed by atoms with Gasteiger partial charge in [-0.25, -0.2) is 0 Å². The Labute approximate surface area is 99.7 Å². The Hall–Kier alpha value is -0.860. The molecule has 0 radical (unpaired) electrons. The highest BCUT2D eigenvalue weighted by Crippen LogP contribution is 2.09. The molecule has 0 fully saturated rings. The molecule has 1 aromatic carbocycles. The van der Waals surface area contributed by atoms with Crippen LogP contribution in [0.2, 0.25) is 0 Å². The summed E-state index contributed by atoms with van der Waals surface area (Å²) in [6, 6.07) is 6.65. The van der Waals surface area contributed by atoms with Crippen LogP contribution in [0.1, 0.15) is 23.6 Å². The minimum atomic E-state index is 0.976. The highest BCUT2D eigenvalue weighted by Gasteiger charge is 1.98. The topological polar surface area (TPSA) is 15.3 Å². The van der Waals surface area contributed by atoms with Crippen molar-refractivity contribution >= 4 is 0 Å². The van der Waals surface area contributed by atoms with E-state index in [-0.39, 0.29) is 0 Å². The van der Waals surface area contributed by atoms with Gasteiger partial charge in [0, 0.05) is 19.6 Å². The first-order valence-corrected chi connectivity index (χ1v) is 6.09. The van der Waals surface area contributed by atoms with Gasteiger partial charge in [0.25, 0.3) is 0 Å². The van der Waals surface area contributed by atoms with Gasteiger partial charge in [0.05, 0.1) is 0 Å². The second kappa shape index (κ2) is 6.66. The Morgan fingerprint density at radius 3 is 2.62 bits per heavy atom. The van der Waals surface area contributed by atoms with Gasteiger partial charge in [-0.3, -0.25) is 0 Å². The van der Waals surface area contributed by atoms with Crippen molar-refractivity contribution in [1.29, 1.82) is 0 Å². The molecule has 0 spiro atoms. The smallest absolute Gasteiger partial charge is 0.0208 e. The van der Waals surface area contributed by atoms with Crippen LogP contribution >= 0.6 is 0 Å². The molecule has 90 valence electrons. The zero-order chi connectivity index (χ0) is 12.0. The summed E-state index contributed by atoms with van der Waals surface area (Å²) in [5.74, 6) is 0. The van der Waals surface area contributed by atoms with E-state index in [0.29, 0.717) is 0 Å². The molecule has 0 unspecified atom stereocenters. The van der Waals surface area contributed by atoms with Crippen LogP contribution < -0.4 is 5.32 Å². The lowest BCUT2D eigenvalue weighted by Crippen LogP contribution is -2.28. The first kappa shape index (κ1) is 13.2. The first-order chi connectivity index (χ1) is 7.63. The van der Waals surface area contributed by atoms with Crippen LogP contribution in [0.5, 0.6) is 0 Å². The summed E-state index contributed by atoms with van der Waals surface area (Å²) < 4.78 is 0. The predicted octanol–water partition coefficient (Wildman–Crippen LogP) is 2.34. The molecule has 2 heteroatoms. The van der Waals surface area contributed by atoms with Crippen molar-refractivity contribution in [2.75, 3.05) is 26.7 Å². The standard InChI is InChI=1S/C14H24N2/c1-5-16(4)9-8-15-11-14-7-6-12(2)10-13(14)3/h6-7,10,15H,5,8-9,11H2,1-4H3. The molecule has 1 rings (SSSR count).